The van der Waals surface area contributed by atoms with E-state index >= 15 is 0 Å². The fourth-order valence-corrected chi connectivity index (χ4v) is 1.68. The molecule has 90 valence electrons. The van der Waals surface area contributed by atoms with Gasteiger partial charge >= 0.3 is 6.18 Å². The molecule has 0 amide bonds. The summed E-state index contributed by atoms with van der Waals surface area (Å²) in [6, 6.07) is 4.80. The molecule has 0 saturated carbocycles. The Kier molecular flexibility index (Phi) is 3.18. The number of alkyl halides is 3. The van der Waals surface area contributed by atoms with E-state index in [9.17, 15) is 13.2 Å². The van der Waals surface area contributed by atoms with Crippen molar-refractivity contribution in [2.45, 2.75) is 6.18 Å². The number of nitrogens with zero attached hydrogens (tertiary/aromatic N) is 1. The smallest absolute Gasteiger partial charge is 0.334 e. The third kappa shape index (κ3) is 2.63. The van der Waals surface area contributed by atoms with E-state index in [1.54, 1.807) is 12.1 Å². The van der Waals surface area contributed by atoms with Gasteiger partial charge in [0.2, 0.25) is 0 Å². The fourth-order valence-electron chi connectivity index (χ4n) is 1.26. The van der Waals surface area contributed by atoms with Crippen LogP contribution in [0.4, 0.5) is 13.2 Å². The second-order valence-corrected chi connectivity index (χ2v) is 4.53. The average molecular weight is 326 g/mol. The van der Waals surface area contributed by atoms with Crippen LogP contribution in [-0.4, -0.2) is 9.97 Å². The molecule has 0 aliphatic carbocycles. The van der Waals surface area contributed by atoms with Crippen molar-refractivity contribution in [3.05, 3.63) is 39.6 Å². The van der Waals surface area contributed by atoms with E-state index in [0.29, 0.717) is 15.1 Å². The van der Waals surface area contributed by atoms with Gasteiger partial charge in [-0.3, -0.25) is 0 Å². The van der Waals surface area contributed by atoms with Gasteiger partial charge in [0, 0.05) is 10.0 Å². The highest BCUT2D eigenvalue weighted by Crippen LogP contribution is 2.31. The quantitative estimate of drug-likeness (QED) is 0.821. The Hall–Kier alpha value is -1.01. The predicted molar refractivity (Wildman–Crippen MR) is 61.7 cm³/mol. The van der Waals surface area contributed by atoms with Gasteiger partial charge < -0.3 is 4.98 Å². The molecule has 0 unspecified atom stereocenters. The van der Waals surface area contributed by atoms with Crippen LogP contribution in [0.1, 0.15) is 5.69 Å². The van der Waals surface area contributed by atoms with E-state index < -0.39 is 11.9 Å². The zero-order chi connectivity index (χ0) is 12.6. The summed E-state index contributed by atoms with van der Waals surface area (Å²) in [5.41, 5.74) is -0.389. The lowest BCUT2D eigenvalue weighted by Crippen LogP contribution is -2.04. The highest BCUT2D eigenvalue weighted by atomic mass is 79.9. The largest absolute Gasteiger partial charge is 0.432 e. The summed E-state index contributed by atoms with van der Waals surface area (Å²) in [5, 5.41) is 0.410. The molecular weight excluding hydrogens is 320 g/mol. The van der Waals surface area contributed by atoms with Crippen molar-refractivity contribution in [1.29, 1.82) is 0 Å². The molecule has 2 rings (SSSR count). The number of H-pyrrole nitrogens is 1. The Morgan fingerprint density at radius 1 is 1.29 bits per heavy atom. The Labute approximate surface area is 108 Å². The van der Waals surface area contributed by atoms with Gasteiger partial charge in [-0.2, -0.15) is 13.2 Å². The number of benzene rings is 1. The first-order valence-electron chi connectivity index (χ1n) is 4.45. The molecule has 0 saturated heterocycles. The predicted octanol–water partition coefficient (Wildman–Crippen LogP) is 4.51. The standard InChI is InChI=1S/C10H5BrClF3N2/c11-6-2-1-5(3-7(6)12)9-16-4-8(17-9)10(13,14)15/h1-4H,(H,16,17). The summed E-state index contributed by atoms with van der Waals surface area (Å²) in [4.78, 5) is 5.88. The van der Waals surface area contributed by atoms with Gasteiger partial charge in [0.1, 0.15) is 11.5 Å². The molecule has 1 aromatic heterocycles. The van der Waals surface area contributed by atoms with E-state index in [1.807, 2.05) is 0 Å². The zero-order valence-electron chi connectivity index (χ0n) is 8.15. The van der Waals surface area contributed by atoms with Crippen molar-refractivity contribution >= 4 is 27.5 Å². The molecule has 0 aliphatic rings. The molecule has 0 aliphatic heterocycles. The molecule has 0 fully saturated rings. The summed E-state index contributed by atoms with van der Waals surface area (Å²) in [6.07, 6.45) is -3.67. The van der Waals surface area contributed by atoms with Crippen LogP contribution in [0.3, 0.4) is 0 Å². The molecule has 7 heteroatoms. The highest BCUT2D eigenvalue weighted by molar-refractivity contribution is 9.10. The average Bonchev–Trinajstić information content (AvgIpc) is 2.70. The Morgan fingerprint density at radius 3 is 2.53 bits per heavy atom. The van der Waals surface area contributed by atoms with Crippen LogP contribution in [0, 0.1) is 0 Å². The molecule has 0 spiro atoms. The van der Waals surface area contributed by atoms with Crippen LogP contribution < -0.4 is 0 Å². The molecule has 1 aromatic carbocycles. The summed E-state index contributed by atoms with van der Waals surface area (Å²) in [5.74, 6) is 0.131. The van der Waals surface area contributed by atoms with E-state index in [2.05, 4.69) is 25.9 Å². The van der Waals surface area contributed by atoms with Gasteiger partial charge in [-0.25, -0.2) is 4.98 Å². The van der Waals surface area contributed by atoms with Crippen LogP contribution in [0.25, 0.3) is 11.4 Å². The third-order valence-corrected chi connectivity index (χ3v) is 3.31. The summed E-state index contributed by atoms with van der Waals surface area (Å²) in [6.45, 7) is 0. The Morgan fingerprint density at radius 2 is 2.00 bits per heavy atom. The van der Waals surface area contributed by atoms with Crippen molar-refractivity contribution in [2.24, 2.45) is 0 Å². The minimum absolute atomic E-state index is 0.131. The lowest BCUT2D eigenvalue weighted by molar-refractivity contribution is -0.140. The summed E-state index contributed by atoms with van der Waals surface area (Å²) in [7, 11) is 0. The van der Waals surface area contributed by atoms with Crippen molar-refractivity contribution in [3.8, 4) is 11.4 Å². The maximum atomic E-state index is 12.4. The van der Waals surface area contributed by atoms with E-state index in [4.69, 9.17) is 11.6 Å². The maximum absolute atomic E-state index is 12.4. The van der Waals surface area contributed by atoms with Gasteiger partial charge in [-0.15, -0.1) is 0 Å². The van der Waals surface area contributed by atoms with Crippen LogP contribution in [0.15, 0.2) is 28.9 Å². The number of aromatic amines is 1. The van der Waals surface area contributed by atoms with E-state index in [0.717, 1.165) is 6.20 Å². The minimum atomic E-state index is -4.43. The van der Waals surface area contributed by atoms with Crippen LogP contribution >= 0.6 is 27.5 Å². The number of hydrogen-bond donors (Lipinski definition) is 1. The molecule has 0 atom stereocenters. The van der Waals surface area contributed by atoms with E-state index in [1.165, 1.54) is 6.07 Å². The number of imidazole rings is 1. The van der Waals surface area contributed by atoms with Crippen LogP contribution in [0.2, 0.25) is 5.02 Å². The number of aromatic nitrogens is 2. The fraction of sp³-hybridized carbons (Fsp3) is 0.100. The number of hydrogen-bond acceptors (Lipinski definition) is 1. The second kappa shape index (κ2) is 4.34. The first-order valence-corrected chi connectivity index (χ1v) is 5.62. The van der Waals surface area contributed by atoms with Gasteiger partial charge in [-0.05, 0) is 28.1 Å². The molecule has 2 nitrogen and oxygen atoms in total. The molecule has 1 heterocycles. The maximum Gasteiger partial charge on any atom is 0.432 e. The highest BCUT2D eigenvalue weighted by Gasteiger charge is 2.33. The van der Waals surface area contributed by atoms with Gasteiger partial charge in [-0.1, -0.05) is 17.7 Å². The number of rotatable bonds is 1. The minimum Gasteiger partial charge on any atom is -0.334 e. The summed E-state index contributed by atoms with van der Waals surface area (Å²) < 4.78 is 37.7. The Balaban J connectivity index is 2.40. The van der Waals surface area contributed by atoms with Gasteiger partial charge in [0.05, 0.1) is 11.2 Å². The van der Waals surface area contributed by atoms with Crippen molar-refractivity contribution < 1.29 is 13.2 Å². The SMILES string of the molecule is FC(F)(F)c1cnc(-c2ccc(Br)c(Cl)c2)[nH]1. The summed E-state index contributed by atoms with van der Waals surface area (Å²) >= 11 is 9.05. The van der Waals surface area contributed by atoms with Crippen molar-refractivity contribution in [2.75, 3.05) is 0 Å². The second-order valence-electron chi connectivity index (χ2n) is 3.27. The topological polar surface area (TPSA) is 28.7 Å². The Bertz CT molecular complexity index is 551. The number of halogens is 5. The first kappa shape index (κ1) is 12.4. The zero-order valence-corrected chi connectivity index (χ0v) is 10.5. The monoisotopic (exact) mass is 324 g/mol. The molecule has 0 bridgehead atoms. The molecule has 0 radical (unpaired) electrons. The van der Waals surface area contributed by atoms with Gasteiger partial charge in [0.25, 0.3) is 0 Å². The van der Waals surface area contributed by atoms with Crippen molar-refractivity contribution in [1.82, 2.24) is 9.97 Å². The molecular formula is C10H5BrClF3N2. The first-order chi connectivity index (χ1) is 7.88. The lowest BCUT2D eigenvalue weighted by Gasteiger charge is -2.02. The third-order valence-electron chi connectivity index (χ3n) is 2.07. The van der Waals surface area contributed by atoms with Crippen molar-refractivity contribution in [3.63, 3.8) is 0 Å². The molecule has 2 aromatic rings. The van der Waals surface area contributed by atoms with Gasteiger partial charge in [0.15, 0.2) is 0 Å². The normalized spacial score (nSPS) is 11.8. The number of nitrogens with one attached hydrogen (secondary N) is 1. The lowest BCUT2D eigenvalue weighted by atomic mass is 10.2. The van der Waals surface area contributed by atoms with Crippen LogP contribution in [-0.2, 0) is 6.18 Å². The molecule has 1 N–H and O–H groups in total. The van der Waals surface area contributed by atoms with E-state index in [-0.39, 0.29) is 5.82 Å². The molecule has 17 heavy (non-hydrogen) atoms. The van der Waals surface area contributed by atoms with Crippen LogP contribution in [0.5, 0.6) is 0 Å².